The highest BCUT2D eigenvalue weighted by atomic mass is 35.5. The smallest absolute Gasteiger partial charge is 0.253 e. The molecule has 0 saturated carbocycles. The van der Waals surface area contributed by atoms with Gasteiger partial charge in [-0.05, 0) is 31.5 Å². The summed E-state index contributed by atoms with van der Waals surface area (Å²) >= 11 is 11.8. The number of hydrogen-bond donors (Lipinski definition) is 0. The highest BCUT2D eigenvalue weighted by Gasteiger charge is 2.16. The monoisotopic (exact) mass is 259 g/mol. The number of amides is 1. The summed E-state index contributed by atoms with van der Waals surface area (Å²) in [5.41, 5.74) is 1.44. The number of carbonyl (C=O) groups excluding carboxylic acids is 1. The Labute approximate surface area is 106 Å². The number of alkyl halides is 1. The molecule has 0 heterocycles. The molecule has 0 N–H and O–H groups in total. The fraction of sp³-hybridized carbons (Fsp3) is 0.417. The van der Waals surface area contributed by atoms with Crippen molar-refractivity contribution in [3.05, 3.63) is 34.3 Å². The molecule has 88 valence electrons. The molecular weight excluding hydrogens is 245 g/mol. The van der Waals surface area contributed by atoms with Crippen LogP contribution in [-0.2, 0) is 0 Å². The molecule has 0 aliphatic rings. The lowest BCUT2D eigenvalue weighted by Crippen LogP contribution is -2.31. The molecule has 0 bridgehead atoms. The summed E-state index contributed by atoms with van der Waals surface area (Å²) in [6.07, 6.45) is 0. The van der Waals surface area contributed by atoms with Crippen LogP contribution in [0.1, 0.15) is 22.8 Å². The van der Waals surface area contributed by atoms with Gasteiger partial charge in [0.15, 0.2) is 0 Å². The van der Waals surface area contributed by atoms with Crippen LogP contribution in [0.2, 0.25) is 5.02 Å². The van der Waals surface area contributed by atoms with Crippen molar-refractivity contribution in [2.24, 2.45) is 0 Å². The average molecular weight is 260 g/mol. The quantitative estimate of drug-likeness (QED) is 0.763. The van der Waals surface area contributed by atoms with Gasteiger partial charge in [-0.2, -0.15) is 0 Å². The maximum Gasteiger partial charge on any atom is 0.253 e. The summed E-state index contributed by atoms with van der Waals surface area (Å²) in [6.45, 7) is 4.22. The molecule has 2 nitrogen and oxygen atoms in total. The van der Waals surface area contributed by atoms with Gasteiger partial charge in [-0.1, -0.05) is 17.7 Å². The van der Waals surface area contributed by atoms with E-state index in [9.17, 15) is 4.79 Å². The van der Waals surface area contributed by atoms with Crippen LogP contribution in [-0.4, -0.2) is 29.8 Å². The van der Waals surface area contributed by atoms with Crippen molar-refractivity contribution < 1.29 is 4.79 Å². The summed E-state index contributed by atoms with van der Waals surface area (Å²) in [7, 11) is 1.74. The fourth-order valence-corrected chi connectivity index (χ4v) is 1.89. The Bertz CT molecular complexity index is 391. The van der Waals surface area contributed by atoms with Gasteiger partial charge >= 0.3 is 0 Å². The van der Waals surface area contributed by atoms with Gasteiger partial charge < -0.3 is 4.90 Å². The van der Waals surface area contributed by atoms with Crippen molar-refractivity contribution in [2.45, 2.75) is 19.2 Å². The van der Waals surface area contributed by atoms with Crippen LogP contribution < -0.4 is 0 Å². The first-order valence-corrected chi connectivity index (χ1v) is 5.89. The Morgan fingerprint density at radius 1 is 1.50 bits per heavy atom. The van der Waals surface area contributed by atoms with Gasteiger partial charge in [-0.15, -0.1) is 11.6 Å². The van der Waals surface area contributed by atoms with E-state index in [0.717, 1.165) is 5.56 Å². The molecule has 0 aliphatic heterocycles. The van der Waals surface area contributed by atoms with E-state index in [4.69, 9.17) is 23.2 Å². The second kappa shape index (κ2) is 5.55. The Balaban J connectivity index is 2.92. The van der Waals surface area contributed by atoms with Crippen molar-refractivity contribution >= 4 is 29.1 Å². The van der Waals surface area contributed by atoms with Crippen LogP contribution >= 0.6 is 23.2 Å². The van der Waals surface area contributed by atoms with E-state index >= 15 is 0 Å². The molecule has 1 amide bonds. The first-order chi connectivity index (χ1) is 7.43. The number of carbonyl (C=O) groups is 1. The van der Waals surface area contributed by atoms with Gasteiger partial charge in [0.1, 0.15) is 0 Å². The summed E-state index contributed by atoms with van der Waals surface area (Å²) in [4.78, 5) is 13.7. The van der Waals surface area contributed by atoms with Crippen LogP contribution in [0.5, 0.6) is 0 Å². The Morgan fingerprint density at radius 3 is 2.69 bits per heavy atom. The summed E-state index contributed by atoms with van der Waals surface area (Å²) in [6, 6.07) is 5.33. The molecule has 1 aromatic rings. The van der Waals surface area contributed by atoms with E-state index in [0.29, 0.717) is 17.1 Å². The van der Waals surface area contributed by atoms with Gasteiger partial charge in [0.2, 0.25) is 0 Å². The van der Waals surface area contributed by atoms with Crippen molar-refractivity contribution in [3.63, 3.8) is 0 Å². The van der Waals surface area contributed by atoms with Crippen LogP contribution in [0.15, 0.2) is 18.2 Å². The molecule has 0 radical (unpaired) electrons. The van der Waals surface area contributed by atoms with E-state index in [-0.39, 0.29) is 11.3 Å². The third-order valence-electron chi connectivity index (χ3n) is 2.37. The lowest BCUT2D eigenvalue weighted by molar-refractivity contribution is 0.0795. The Morgan fingerprint density at radius 2 is 2.12 bits per heavy atom. The second-order valence-electron chi connectivity index (χ2n) is 3.88. The lowest BCUT2D eigenvalue weighted by atomic mass is 10.1. The van der Waals surface area contributed by atoms with Crippen molar-refractivity contribution in [1.29, 1.82) is 0 Å². The molecule has 0 aromatic heterocycles. The van der Waals surface area contributed by atoms with E-state index in [1.54, 1.807) is 30.1 Å². The minimum absolute atomic E-state index is 0.0486. The predicted molar refractivity (Wildman–Crippen MR) is 68.5 cm³/mol. The number of hydrogen-bond acceptors (Lipinski definition) is 1. The largest absolute Gasteiger partial charge is 0.340 e. The third-order valence-corrected chi connectivity index (χ3v) is 2.92. The first kappa shape index (κ1) is 13.3. The van der Waals surface area contributed by atoms with Crippen molar-refractivity contribution in [2.75, 3.05) is 13.6 Å². The van der Waals surface area contributed by atoms with E-state index < -0.39 is 0 Å². The maximum atomic E-state index is 12.1. The van der Waals surface area contributed by atoms with Gasteiger partial charge in [0.25, 0.3) is 5.91 Å². The highest BCUT2D eigenvalue weighted by Crippen LogP contribution is 2.20. The standard InChI is InChI=1S/C12H15Cl2NO/c1-8(13)7-15(3)12(16)10-5-4-6-11(14)9(10)2/h4-6,8H,7H2,1-3H3. The lowest BCUT2D eigenvalue weighted by Gasteiger charge is -2.19. The zero-order valence-electron chi connectivity index (χ0n) is 9.63. The molecule has 16 heavy (non-hydrogen) atoms. The highest BCUT2D eigenvalue weighted by molar-refractivity contribution is 6.31. The van der Waals surface area contributed by atoms with Gasteiger partial charge in [-0.25, -0.2) is 0 Å². The minimum Gasteiger partial charge on any atom is -0.340 e. The maximum absolute atomic E-state index is 12.1. The fourth-order valence-electron chi connectivity index (χ4n) is 1.51. The molecule has 1 aromatic carbocycles. The number of rotatable bonds is 3. The minimum atomic E-state index is -0.0616. The van der Waals surface area contributed by atoms with Crippen molar-refractivity contribution in [1.82, 2.24) is 4.90 Å². The number of halogens is 2. The molecule has 0 spiro atoms. The molecule has 1 rings (SSSR count). The van der Waals surface area contributed by atoms with Gasteiger partial charge in [0.05, 0.1) is 0 Å². The van der Waals surface area contributed by atoms with Crippen LogP contribution in [0, 0.1) is 6.92 Å². The summed E-state index contributed by atoms with van der Waals surface area (Å²) in [5, 5.41) is 0.548. The Hall–Kier alpha value is -0.730. The van der Waals surface area contributed by atoms with E-state index in [1.807, 2.05) is 13.8 Å². The zero-order chi connectivity index (χ0) is 12.3. The second-order valence-corrected chi connectivity index (χ2v) is 5.03. The first-order valence-electron chi connectivity index (χ1n) is 5.08. The van der Waals surface area contributed by atoms with Crippen molar-refractivity contribution in [3.8, 4) is 0 Å². The average Bonchev–Trinajstić information content (AvgIpc) is 2.20. The topological polar surface area (TPSA) is 20.3 Å². The summed E-state index contributed by atoms with van der Waals surface area (Å²) in [5.74, 6) is -0.0486. The normalized spacial score (nSPS) is 12.3. The molecule has 4 heteroatoms. The molecule has 1 atom stereocenters. The van der Waals surface area contributed by atoms with Crippen LogP contribution in [0.3, 0.4) is 0 Å². The van der Waals surface area contributed by atoms with Gasteiger partial charge in [0, 0.05) is 29.6 Å². The molecule has 0 fully saturated rings. The zero-order valence-corrected chi connectivity index (χ0v) is 11.1. The van der Waals surface area contributed by atoms with Crippen LogP contribution in [0.25, 0.3) is 0 Å². The summed E-state index contributed by atoms with van der Waals surface area (Å²) < 4.78 is 0. The SMILES string of the molecule is Cc1c(Cl)cccc1C(=O)N(C)CC(C)Cl. The molecule has 0 aliphatic carbocycles. The predicted octanol–water partition coefficient (Wildman–Crippen LogP) is 3.35. The van der Waals surface area contributed by atoms with E-state index in [1.165, 1.54) is 0 Å². The van der Waals surface area contributed by atoms with Crippen LogP contribution in [0.4, 0.5) is 0 Å². The number of nitrogens with zero attached hydrogens (tertiary/aromatic N) is 1. The molecule has 1 unspecified atom stereocenters. The number of benzene rings is 1. The Kier molecular flexibility index (Phi) is 4.63. The molecule has 0 saturated heterocycles. The third kappa shape index (κ3) is 3.13. The van der Waals surface area contributed by atoms with E-state index in [2.05, 4.69) is 0 Å². The van der Waals surface area contributed by atoms with Gasteiger partial charge in [-0.3, -0.25) is 4.79 Å². The molecular formula is C12H15Cl2NO.